The third-order valence-corrected chi connectivity index (χ3v) is 4.64. The first-order valence-electron chi connectivity index (χ1n) is 8.55. The summed E-state index contributed by atoms with van der Waals surface area (Å²) < 4.78 is 40.5. The van der Waals surface area contributed by atoms with Crippen molar-refractivity contribution in [3.8, 4) is 0 Å². The van der Waals surface area contributed by atoms with Crippen LogP contribution in [0, 0.1) is 13.8 Å². The van der Waals surface area contributed by atoms with E-state index in [2.05, 4.69) is 10.4 Å². The largest absolute Gasteiger partial charge is 0.416 e. The minimum atomic E-state index is -4.39. The summed E-state index contributed by atoms with van der Waals surface area (Å²) in [4.78, 5) is 12.1. The highest BCUT2D eigenvalue weighted by molar-refractivity contribution is 5.92. The Morgan fingerprint density at radius 1 is 1.22 bits per heavy atom. The molecular formula is C20H24F3N3O. The lowest BCUT2D eigenvalue weighted by atomic mass is 9.83. The van der Waals surface area contributed by atoms with Crippen LogP contribution in [-0.2, 0) is 23.4 Å². The van der Waals surface area contributed by atoms with Crippen molar-refractivity contribution in [2.24, 2.45) is 7.05 Å². The Bertz CT molecular complexity index is 864. The normalized spacial score (nSPS) is 12.6. The van der Waals surface area contributed by atoms with Crippen molar-refractivity contribution in [2.45, 2.75) is 39.3 Å². The zero-order chi connectivity index (χ0) is 20.4. The summed E-state index contributed by atoms with van der Waals surface area (Å²) in [6, 6.07) is 5.19. The number of rotatable bonds is 5. The Morgan fingerprint density at radius 3 is 2.41 bits per heavy atom. The zero-order valence-electron chi connectivity index (χ0n) is 16.1. The minimum absolute atomic E-state index is 0.211. The summed E-state index contributed by atoms with van der Waals surface area (Å²) in [6.45, 7) is 7.57. The quantitative estimate of drug-likeness (QED) is 0.793. The van der Waals surface area contributed by atoms with Gasteiger partial charge >= 0.3 is 6.18 Å². The highest BCUT2D eigenvalue weighted by atomic mass is 19.4. The van der Waals surface area contributed by atoms with Gasteiger partial charge in [-0.15, -0.1) is 0 Å². The average molecular weight is 379 g/mol. The molecule has 1 aromatic heterocycles. The number of hydrogen-bond acceptors (Lipinski definition) is 2. The monoisotopic (exact) mass is 379 g/mol. The highest BCUT2D eigenvalue weighted by Crippen LogP contribution is 2.32. The van der Waals surface area contributed by atoms with Crippen molar-refractivity contribution in [1.29, 1.82) is 0 Å². The molecule has 1 aromatic carbocycles. The maximum absolute atomic E-state index is 12.9. The van der Waals surface area contributed by atoms with E-state index >= 15 is 0 Å². The highest BCUT2D eigenvalue weighted by Gasteiger charge is 2.32. The predicted octanol–water partition coefficient (Wildman–Crippen LogP) is 4.16. The fourth-order valence-electron chi connectivity index (χ4n) is 2.78. The van der Waals surface area contributed by atoms with Crippen molar-refractivity contribution in [3.63, 3.8) is 0 Å². The molecule has 2 aromatic rings. The van der Waals surface area contributed by atoms with Crippen molar-refractivity contribution < 1.29 is 18.0 Å². The van der Waals surface area contributed by atoms with E-state index in [0.717, 1.165) is 29.1 Å². The van der Waals surface area contributed by atoms with Gasteiger partial charge in [0.1, 0.15) is 0 Å². The molecule has 4 nitrogen and oxygen atoms in total. The molecule has 0 saturated carbocycles. The van der Waals surface area contributed by atoms with Crippen molar-refractivity contribution in [3.05, 3.63) is 58.4 Å². The van der Waals surface area contributed by atoms with Gasteiger partial charge in [-0.1, -0.05) is 32.0 Å². The summed E-state index contributed by atoms with van der Waals surface area (Å²) in [5, 5.41) is 7.04. The second-order valence-corrected chi connectivity index (χ2v) is 7.22. The van der Waals surface area contributed by atoms with E-state index in [-0.39, 0.29) is 12.5 Å². The number of benzene rings is 1. The number of amides is 1. The van der Waals surface area contributed by atoms with Gasteiger partial charge in [0.25, 0.3) is 0 Å². The Labute approximate surface area is 157 Å². The summed E-state index contributed by atoms with van der Waals surface area (Å²) in [5.74, 6) is -0.308. The van der Waals surface area contributed by atoms with Crippen LogP contribution in [0.5, 0.6) is 0 Å². The number of halogens is 3. The third kappa shape index (κ3) is 4.99. The fraction of sp³-hybridized carbons (Fsp3) is 0.400. The molecule has 27 heavy (non-hydrogen) atoms. The van der Waals surface area contributed by atoms with Gasteiger partial charge in [0.15, 0.2) is 0 Å². The Kier molecular flexibility index (Phi) is 5.82. The zero-order valence-corrected chi connectivity index (χ0v) is 16.1. The van der Waals surface area contributed by atoms with Crippen molar-refractivity contribution in [2.75, 3.05) is 6.54 Å². The van der Waals surface area contributed by atoms with E-state index in [1.807, 2.05) is 20.9 Å². The molecule has 0 spiro atoms. The lowest BCUT2D eigenvalue weighted by molar-refractivity contribution is -0.137. The smallest absolute Gasteiger partial charge is 0.352 e. The summed E-state index contributed by atoms with van der Waals surface area (Å²) in [6.07, 6.45) is -1.28. The number of alkyl halides is 3. The van der Waals surface area contributed by atoms with Crippen LogP contribution in [0.15, 0.2) is 30.3 Å². The number of nitrogens with one attached hydrogen (secondary N) is 1. The number of nitrogens with zero attached hydrogens (tertiary/aromatic N) is 2. The molecule has 2 rings (SSSR count). The first-order chi connectivity index (χ1) is 12.4. The maximum atomic E-state index is 12.9. The fourth-order valence-corrected chi connectivity index (χ4v) is 2.78. The standard InChI is InChI=1S/C20H24F3N3O/c1-13-17(14(2)26(5)25-13)9-10-18(27)24-12-19(3,4)15-7-6-8-16(11-15)20(21,22)23/h6-11H,12H2,1-5H3,(H,24,27)/b10-9+. The van der Waals surface area contributed by atoms with Gasteiger partial charge in [-0.2, -0.15) is 18.3 Å². The second kappa shape index (κ2) is 7.58. The van der Waals surface area contributed by atoms with Crippen LogP contribution in [0.3, 0.4) is 0 Å². The topological polar surface area (TPSA) is 46.9 Å². The molecule has 0 atom stereocenters. The van der Waals surface area contributed by atoms with Crippen LogP contribution in [-0.4, -0.2) is 22.2 Å². The molecule has 0 saturated heterocycles. The number of hydrogen-bond donors (Lipinski definition) is 1. The van der Waals surface area contributed by atoms with Crippen LogP contribution in [0.2, 0.25) is 0 Å². The lowest BCUT2D eigenvalue weighted by Gasteiger charge is -2.26. The van der Waals surface area contributed by atoms with E-state index in [9.17, 15) is 18.0 Å². The van der Waals surface area contributed by atoms with Gasteiger partial charge < -0.3 is 5.32 Å². The first-order valence-corrected chi connectivity index (χ1v) is 8.55. The van der Waals surface area contributed by atoms with Gasteiger partial charge in [-0.05, 0) is 31.6 Å². The third-order valence-electron chi connectivity index (χ3n) is 4.64. The van der Waals surface area contributed by atoms with Crippen molar-refractivity contribution in [1.82, 2.24) is 15.1 Å². The maximum Gasteiger partial charge on any atom is 0.416 e. The number of carbonyl (C=O) groups is 1. The Morgan fingerprint density at radius 2 is 1.85 bits per heavy atom. The molecule has 1 amide bonds. The van der Waals surface area contributed by atoms with Crippen molar-refractivity contribution >= 4 is 12.0 Å². The molecule has 0 fully saturated rings. The number of aryl methyl sites for hydroxylation is 2. The molecule has 0 aliphatic heterocycles. The Hall–Kier alpha value is -2.57. The van der Waals surface area contributed by atoms with Crippen LogP contribution in [0.25, 0.3) is 6.08 Å². The molecule has 0 unspecified atom stereocenters. The molecule has 0 radical (unpaired) electrons. The SMILES string of the molecule is Cc1nn(C)c(C)c1/C=C/C(=O)NCC(C)(C)c1cccc(C(F)(F)F)c1. The molecule has 0 bridgehead atoms. The molecule has 1 heterocycles. The molecule has 1 N–H and O–H groups in total. The second-order valence-electron chi connectivity index (χ2n) is 7.22. The van der Waals surface area contributed by atoms with E-state index in [1.54, 1.807) is 30.7 Å². The van der Waals surface area contributed by atoms with Gasteiger partial charge in [0, 0.05) is 36.3 Å². The Balaban J connectivity index is 2.06. The van der Waals surface area contributed by atoms with Crippen LogP contribution in [0.4, 0.5) is 13.2 Å². The van der Waals surface area contributed by atoms with Gasteiger partial charge in [0.2, 0.25) is 5.91 Å². The van der Waals surface area contributed by atoms with Crippen LogP contribution >= 0.6 is 0 Å². The summed E-state index contributed by atoms with van der Waals surface area (Å²) >= 11 is 0. The number of aromatic nitrogens is 2. The molecule has 146 valence electrons. The molecular weight excluding hydrogens is 355 g/mol. The average Bonchev–Trinajstić information content (AvgIpc) is 2.83. The lowest BCUT2D eigenvalue weighted by Crippen LogP contribution is -2.36. The van der Waals surface area contributed by atoms with Gasteiger partial charge in [0.05, 0.1) is 11.3 Å². The van der Waals surface area contributed by atoms with E-state index in [4.69, 9.17) is 0 Å². The number of carbonyl (C=O) groups excluding carboxylic acids is 1. The van der Waals surface area contributed by atoms with E-state index < -0.39 is 17.2 Å². The molecule has 7 heteroatoms. The first kappa shape index (κ1) is 20.7. The minimum Gasteiger partial charge on any atom is -0.352 e. The summed E-state index contributed by atoms with van der Waals surface area (Å²) in [5.41, 5.74) is 1.82. The van der Waals surface area contributed by atoms with Crippen LogP contribution < -0.4 is 5.32 Å². The predicted molar refractivity (Wildman–Crippen MR) is 99.2 cm³/mol. The van der Waals surface area contributed by atoms with Crippen LogP contribution in [0.1, 0.15) is 41.9 Å². The van der Waals surface area contributed by atoms with E-state index in [1.165, 1.54) is 12.1 Å². The molecule has 0 aliphatic carbocycles. The van der Waals surface area contributed by atoms with E-state index in [0.29, 0.717) is 5.56 Å². The summed E-state index contributed by atoms with van der Waals surface area (Å²) in [7, 11) is 1.83. The molecule has 0 aliphatic rings. The van der Waals surface area contributed by atoms with Gasteiger partial charge in [-0.3, -0.25) is 9.48 Å². The van der Waals surface area contributed by atoms with Gasteiger partial charge in [-0.25, -0.2) is 0 Å².